The molecule has 1 heterocycles. The predicted molar refractivity (Wildman–Crippen MR) is 103 cm³/mol. The predicted octanol–water partition coefficient (Wildman–Crippen LogP) is 5.25. The Hall–Kier alpha value is -2.68. The molecule has 1 atom stereocenters. The van der Waals surface area contributed by atoms with Crippen molar-refractivity contribution in [1.29, 1.82) is 0 Å². The van der Waals surface area contributed by atoms with Gasteiger partial charge in [0.15, 0.2) is 0 Å². The van der Waals surface area contributed by atoms with Crippen LogP contribution in [0.2, 0.25) is 0 Å². The zero-order valence-corrected chi connectivity index (χ0v) is 14.8. The lowest BCUT2D eigenvalue weighted by atomic mass is 9.88. The van der Waals surface area contributed by atoms with Crippen LogP contribution in [0, 0.1) is 13.8 Å². The van der Waals surface area contributed by atoms with Crippen LogP contribution in [0.25, 0.3) is 11.3 Å². The number of aryl methyl sites for hydroxylation is 3. The summed E-state index contributed by atoms with van der Waals surface area (Å²) in [5.74, 6) is 1.71. The highest BCUT2D eigenvalue weighted by Gasteiger charge is 2.20. The van der Waals surface area contributed by atoms with Crippen LogP contribution >= 0.6 is 0 Å². The van der Waals surface area contributed by atoms with Gasteiger partial charge in [-0.05, 0) is 49.8 Å². The fourth-order valence-corrected chi connectivity index (χ4v) is 3.72. The largest absolute Gasteiger partial charge is 0.363 e. The van der Waals surface area contributed by atoms with Crippen molar-refractivity contribution in [3.8, 4) is 11.3 Å². The number of aromatic nitrogens is 2. The number of nitrogens with one attached hydrogen (secondary N) is 1. The molecule has 0 spiro atoms. The van der Waals surface area contributed by atoms with E-state index in [9.17, 15) is 0 Å². The van der Waals surface area contributed by atoms with Crippen molar-refractivity contribution in [2.45, 2.75) is 39.2 Å². The van der Waals surface area contributed by atoms with Crippen molar-refractivity contribution < 1.29 is 0 Å². The SMILES string of the molecule is Cc1nc(NC2CCCc3ccccc32)cc(-c2ccccc2C)n1. The summed E-state index contributed by atoms with van der Waals surface area (Å²) in [4.78, 5) is 9.29. The summed E-state index contributed by atoms with van der Waals surface area (Å²) < 4.78 is 0. The molecule has 3 nitrogen and oxygen atoms in total. The molecule has 0 bridgehead atoms. The van der Waals surface area contributed by atoms with E-state index in [0.29, 0.717) is 6.04 Å². The van der Waals surface area contributed by atoms with Gasteiger partial charge in [-0.15, -0.1) is 0 Å². The molecular weight excluding hydrogens is 306 g/mol. The molecule has 3 heteroatoms. The Balaban J connectivity index is 1.67. The number of rotatable bonds is 3. The van der Waals surface area contributed by atoms with Crippen molar-refractivity contribution in [3.63, 3.8) is 0 Å². The van der Waals surface area contributed by atoms with Crippen LogP contribution in [0.3, 0.4) is 0 Å². The minimum Gasteiger partial charge on any atom is -0.363 e. The molecule has 0 saturated heterocycles. The minimum absolute atomic E-state index is 0.323. The van der Waals surface area contributed by atoms with Crippen molar-refractivity contribution in [2.75, 3.05) is 5.32 Å². The second kappa shape index (κ2) is 6.67. The molecule has 2 aromatic carbocycles. The van der Waals surface area contributed by atoms with Gasteiger partial charge in [-0.25, -0.2) is 9.97 Å². The first-order valence-corrected chi connectivity index (χ1v) is 8.97. The molecule has 25 heavy (non-hydrogen) atoms. The number of fused-ring (bicyclic) bond motifs is 1. The van der Waals surface area contributed by atoms with Crippen LogP contribution in [-0.2, 0) is 6.42 Å². The summed E-state index contributed by atoms with van der Waals surface area (Å²) in [5, 5.41) is 3.66. The second-order valence-corrected chi connectivity index (χ2v) is 6.79. The highest BCUT2D eigenvalue weighted by molar-refractivity contribution is 5.66. The Morgan fingerprint density at radius 1 is 0.960 bits per heavy atom. The summed E-state index contributed by atoms with van der Waals surface area (Å²) in [6.07, 6.45) is 3.52. The van der Waals surface area contributed by atoms with Crippen molar-refractivity contribution in [2.24, 2.45) is 0 Å². The average molecular weight is 329 g/mol. The maximum absolute atomic E-state index is 4.65. The molecule has 1 N–H and O–H groups in total. The van der Waals surface area contributed by atoms with Crippen LogP contribution in [0.1, 0.15) is 41.4 Å². The third-order valence-electron chi connectivity index (χ3n) is 4.95. The molecule has 1 aliphatic carbocycles. The van der Waals surface area contributed by atoms with Crippen molar-refractivity contribution in [3.05, 3.63) is 77.1 Å². The van der Waals surface area contributed by atoms with E-state index in [0.717, 1.165) is 23.8 Å². The molecule has 1 aliphatic rings. The number of hydrogen-bond acceptors (Lipinski definition) is 3. The quantitative estimate of drug-likeness (QED) is 0.713. The molecule has 0 fully saturated rings. The zero-order chi connectivity index (χ0) is 17.2. The van der Waals surface area contributed by atoms with Crippen LogP contribution in [0.4, 0.5) is 5.82 Å². The standard InChI is InChI=1S/C22H23N3/c1-15-8-3-5-11-18(15)21-14-22(24-16(2)23-21)25-20-13-7-10-17-9-4-6-12-19(17)20/h3-6,8-9,11-12,14,20H,7,10,13H2,1-2H3,(H,23,24,25). The van der Waals surface area contributed by atoms with Crippen LogP contribution in [0.15, 0.2) is 54.6 Å². The maximum atomic E-state index is 4.65. The summed E-state index contributed by atoms with van der Waals surface area (Å²) >= 11 is 0. The first-order chi connectivity index (χ1) is 12.2. The van der Waals surface area contributed by atoms with E-state index < -0.39 is 0 Å². The van der Waals surface area contributed by atoms with Gasteiger partial charge in [-0.1, -0.05) is 48.5 Å². The van der Waals surface area contributed by atoms with Gasteiger partial charge >= 0.3 is 0 Å². The molecule has 126 valence electrons. The minimum atomic E-state index is 0.323. The Labute approximate surface area is 149 Å². The van der Waals surface area contributed by atoms with Gasteiger partial charge in [0, 0.05) is 11.6 Å². The summed E-state index contributed by atoms with van der Waals surface area (Å²) in [5.41, 5.74) is 6.24. The fourth-order valence-electron chi connectivity index (χ4n) is 3.72. The third kappa shape index (κ3) is 3.27. The Morgan fingerprint density at radius 2 is 1.76 bits per heavy atom. The molecule has 0 radical (unpaired) electrons. The van der Waals surface area contributed by atoms with Gasteiger partial charge in [-0.3, -0.25) is 0 Å². The molecule has 1 unspecified atom stereocenters. The monoisotopic (exact) mass is 329 g/mol. The Kier molecular flexibility index (Phi) is 4.22. The molecular formula is C22H23N3. The second-order valence-electron chi connectivity index (χ2n) is 6.79. The van der Waals surface area contributed by atoms with E-state index in [2.05, 4.69) is 76.8 Å². The zero-order valence-electron chi connectivity index (χ0n) is 14.8. The maximum Gasteiger partial charge on any atom is 0.130 e. The highest BCUT2D eigenvalue weighted by Crippen LogP contribution is 2.32. The molecule has 0 aliphatic heterocycles. The molecule has 3 aromatic rings. The van der Waals surface area contributed by atoms with E-state index in [1.807, 2.05) is 6.92 Å². The van der Waals surface area contributed by atoms with Gasteiger partial charge in [0.25, 0.3) is 0 Å². The van der Waals surface area contributed by atoms with Gasteiger partial charge in [-0.2, -0.15) is 0 Å². The number of anilines is 1. The van der Waals surface area contributed by atoms with E-state index in [-0.39, 0.29) is 0 Å². The smallest absolute Gasteiger partial charge is 0.130 e. The fraction of sp³-hybridized carbons (Fsp3) is 0.273. The van der Waals surface area contributed by atoms with E-state index in [4.69, 9.17) is 0 Å². The first-order valence-electron chi connectivity index (χ1n) is 8.97. The first kappa shape index (κ1) is 15.8. The summed E-state index contributed by atoms with van der Waals surface area (Å²) in [6.45, 7) is 4.08. The normalized spacial score (nSPS) is 16.3. The molecule has 1 aromatic heterocycles. The Morgan fingerprint density at radius 3 is 2.64 bits per heavy atom. The number of benzene rings is 2. The highest BCUT2D eigenvalue weighted by atomic mass is 15.0. The molecule has 0 amide bonds. The van der Waals surface area contributed by atoms with Crippen molar-refractivity contribution >= 4 is 5.82 Å². The average Bonchev–Trinajstić information content (AvgIpc) is 2.62. The molecule has 4 rings (SSSR count). The Bertz CT molecular complexity index is 901. The molecule has 0 saturated carbocycles. The topological polar surface area (TPSA) is 37.8 Å². The van der Waals surface area contributed by atoms with Crippen molar-refractivity contribution in [1.82, 2.24) is 9.97 Å². The van der Waals surface area contributed by atoms with Crippen LogP contribution in [-0.4, -0.2) is 9.97 Å². The lowest BCUT2D eigenvalue weighted by Crippen LogP contribution is -2.18. The van der Waals surface area contributed by atoms with Crippen LogP contribution < -0.4 is 5.32 Å². The number of hydrogen-bond donors (Lipinski definition) is 1. The summed E-state index contributed by atoms with van der Waals surface area (Å²) in [7, 11) is 0. The van der Waals surface area contributed by atoms with E-state index >= 15 is 0 Å². The van der Waals surface area contributed by atoms with Gasteiger partial charge in [0.05, 0.1) is 11.7 Å². The van der Waals surface area contributed by atoms with Gasteiger partial charge in [0.1, 0.15) is 11.6 Å². The van der Waals surface area contributed by atoms with E-state index in [1.165, 1.54) is 35.1 Å². The number of nitrogens with zero attached hydrogens (tertiary/aromatic N) is 2. The van der Waals surface area contributed by atoms with Crippen LogP contribution in [0.5, 0.6) is 0 Å². The van der Waals surface area contributed by atoms with E-state index in [1.54, 1.807) is 0 Å². The van der Waals surface area contributed by atoms with Gasteiger partial charge < -0.3 is 5.32 Å². The lowest BCUT2D eigenvalue weighted by Gasteiger charge is -2.27. The van der Waals surface area contributed by atoms with Gasteiger partial charge in [0.2, 0.25) is 0 Å². The third-order valence-corrected chi connectivity index (χ3v) is 4.95. The summed E-state index contributed by atoms with van der Waals surface area (Å²) in [6, 6.07) is 19.5. The lowest BCUT2D eigenvalue weighted by molar-refractivity contribution is 0.598.